The summed E-state index contributed by atoms with van der Waals surface area (Å²) in [7, 11) is 0. The van der Waals surface area contributed by atoms with E-state index in [1.165, 1.54) is 20.9 Å². The van der Waals surface area contributed by atoms with Crippen molar-refractivity contribution in [2.24, 2.45) is 0 Å². The Morgan fingerprint density at radius 3 is 1.21 bits per heavy atom. The fourth-order valence-corrected chi connectivity index (χ4v) is 17.9. The molecule has 15 N–H and O–H groups in total. The van der Waals surface area contributed by atoms with Crippen molar-refractivity contribution in [3.05, 3.63) is 72.2 Å². The number of nitrogens with one attached hydrogen (secondary N) is 5. The highest BCUT2D eigenvalue weighted by molar-refractivity contribution is 14.1. The largest absolute Gasteiger partial charge is 0.388 e. The molecule has 8 aromatic heterocycles. The second-order valence-corrected chi connectivity index (χ2v) is 48.5. The van der Waals surface area contributed by atoms with Crippen molar-refractivity contribution >= 4 is 166 Å². The number of halogens is 2. The second kappa shape index (κ2) is 31.6. The molecule has 0 saturated carbocycles. The molecule has 0 amide bonds. The summed E-state index contributed by atoms with van der Waals surface area (Å²) < 4.78 is 30.8. The molecule has 0 radical (unpaired) electrons. The number of aliphatic hydroxyl groups excluding tert-OH is 8. The number of anilines is 1. The van der Waals surface area contributed by atoms with E-state index in [0.29, 0.717) is 69.1 Å². The summed E-state index contributed by atoms with van der Waals surface area (Å²) in [4.78, 5) is 91.1. The van der Waals surface area contributed by atoms with Gasteiger partial charge in [0.25, 0.3) is 22.2 Å². The number of nitrogen functional groups attached to an aromatic ring is 1. The van der Waals surface area contributed by atoms with Crippen molar-refractivity contribution in [2.45, 2.75) is 150 Å². The van der Waals surface area contributed by atoms with Crippen molar-refractivity contribution in [3.63, 3.8) is 0 Å². The van der Waals surface area contributed by atoms with Crippen LogP contribution < -0.4 is 28.0 Å². The lowest BCUT2D eigenvalue weighted by Crippen LogP contribution is -2.32. The van der Waals surface area contributed by atoms with Crippen molar-refractivity contribution < 1.29 is 59.8 Å². The van der Waals surface area contributed by atoms with Crippen LogP contribution in [0.3, 0.4) is 0 Å². The van der Waals surface area contributed by atoms with Gasteiger partial charge in [0, 0.05) is 22.6 Å². The molecule has 4 aliphatic rings. The monoisotopic (exact) mass is 1700 g/mol. The van der Waals surface area contributed by atoms with Gasteiger partial charge in [-0.25, -0.2) is 29.9 Å². The van der Waals surface area contributed by atoms with Gasteiger partial charge in [0.05, 0.1) is 24.4 Å². The minimum atomic E-state index is -1.28. The first kappa shape index (κ1) is 80.8. The van der Waals surface area contributed by atoms with Crippen LogP contribution in [0.4, 0.5) is 5.95 Å². The molecular weight excluding hydrogens is 1610 g/mol. The molecule has 0 aliphatic carbocycles. The molecule has 4 fully saturated rings. The van der Waals surface area contributed by atoms with Crippen molar-refractivity contribution in [3.8, 4) is 0 Å². The Bertz CT molecular complexity index is 4750. The number of hydrogen-bond acceptors (Lipinski definition) is 26. The maximum Gasteiger partial charge on any atom is 0.280 e. The fourth-order valence-electron chi connectivity index (χ4n) is 11.9. The van der Waals surface area contributed by atoms with Crippen LogP contribution in [-0.4, -0.2) is 302 Å². The van der Waals surface area contributed by atoms with Crippen molar-refractivity contribution in [1.29, 1.82) is 0 Å². The molecule has 41 heteroatoms. The topological polar surface area (TPSA) is 482 Å². The molecule has 4 unspecified atom stereocenters. The lowest BCUT2D eigenvalue weighted by molar-refractivity contribution is -0.0400. The Labute approximate surface area is 611 Å². The summed E-state index contributed by atoms with van der Waals surface area (Å²) in [5.41, 5.74) is 5.92. The SMILES string of the molecule is C=P(C)(C)CC[C@H]1OC(n2c(=S)[nH]c3c(=O)[nH]c(C)nc32)[C@H](O)[C@@H]1O.C=P(C)(C)CC[C@H]1OC(n2c(Br)nc3c(=O)[nH]c(N)nc32)[C@H](O)[C@@H]1O.C=P(C)(C)CC[C@H]1OC(n2c(I)nc3c(=O)[nH]c(C)nc32)[C@H](O)[C@@H]1O.C=P(C)(C)CC[C@H]1OC(n2c(SC)nc3c(=O)[nH]c(C)nc32)[C@H](O)[C@@H]1O. The number of nitrogens with zero attached hydrogens (tertiary/aromatic N) is 11. The van der Waals surface area contributed by atoms with E-state index in [1.807, 2.05) is 28.8 Å². The predicted octanol–water partition coefficient (Wildman–Crippen LogP) is 2.61. The summed E-state index contributed by atoms with van der Waals surface area (Å²) in [5, 5.41) is 84.1. The number of thioether (sulfide) groups is 1. The minimum absolute atomic E-state index is 0.0691. The van der Waals surface area contributed by atoms with E-state index < -0.39 is 131 Å². The molecular formula is C60H91BrIN17O16P4S2. The Kier molecular flexibility index (Phi) is 25.3. The van der Waals surface area contributed by atoms with Gasteiger partial charge in [0.2, 0.25) is 5.95 Å². The molecule has 4 saturated heterocycles. The van der Waals surface area contributed by atoms with E-state index in [9.17, 15) is 60.0 Å². The Balaban J connectivity index is 0.000000157. The molecule has 0 aromatic carbocycles. The molecule has 0 spiro atoms. The van der Waals surface area contributed by atoms with Crippen LogP contribution in [0.25, 0.3) is 44.7 Å². The smallest absolute Gasteiger partial charge is 0.280 e. The standard InChI is InChI=1S/C16H25N4O4PS.C15H22IN4O4P.C15H23N4O4PS.C14H21BrN5O4P/c1-8-17-13-10(14(23)18-8)19-16(26-5)20(13)15-12(22)11(21)9(24-15)6-7-25(2,3)4;1-7-17-12-9(13(23)18-7)19-15(16)20(12)14-11(22)10(21)8(24-14)5-6-25(2,3)4;1-7-16-12-9(13(22)17-7)18-15(25)19(12)14-11(21)10(20)8(23-14)5-6-24(2,3)4;1-25(2,3)5-4-6-8(21)9(22)12(24-6)20-10-7(17-13(20)15)11(23)19-14(16)18-10/h9,11-12,15,21-22H,2,6-7H2,1,3-5H3,(H,17,18,23);8,10-11,14,21-22H,2,5-6H2,1,3-4H3,(H,17,18,23);8,10-11,14,20-21H,2,5-6H2,1,3-4H3,(H,18,25)(H,16,17,22);6,8-9,12,21-22H,1,4-5H2,2-3H3,(H3,16,18,19,23)/t9-,11-,12-,15?;2*8-,10-,11-,14?;6-,8-,9-,12?/m1111/s1. The van der Waals surface area contributed by atoms with Crippen molar-refractivity contribution in [1.82, 2.24) is 78.1 Å². The average Bonchev–Trinajstić information content (AvgIpc) is 1.63. The van der Waals surface area contributed by atoms with Gasteiger partial charge >= 0.3 is 0 Å². The number of H-pyrrole nitrogens is 5. The summed E-state index contributed by atoms with van der Waals surface area (Å²) in [6.45, 7) is 16.8. The van der Waals surface area contributed by atoms with Crippen molar-refractivity contribution in [2.75, 3.05) is 90.0 Å². The first-order valence-electron chi connectivity index (χ1n) is 31.9. The molecule has 12 rings (SSSR count). The number of aromatic amines is 5. The number of hydrogen-bond donors (Lipinski definition) is 14. The highest BCUT2D eigenvalue weighted by atomic mass is 127. The highest BCUT2D eigenvalue weighted by Crippen LogP contribution is 2.45. The van der Waals surface area contributed by atoms with Gasteiger partial charge in [-0.1, -0.05) is 11.8 Å². The van der Waals surface area contributed by atoms with Crippen LogP contribution in [0.1, 0.15) is 68.1 Å². The van der Waals surface area contributed by atoms with E-state index >= 15 is 0 Å². The molecule has 4 aliphatic heterocycles. The number of aryl methyl sites for hydroxylation is 3. The van der Waals surface area contributed by atoms with Gasteiger partial charge in [-0.05, 0) is 159 Å². The molecule has 0 bridgehead atoms. The number of imidazole rings is 4. The van der Waals surface area contributed by atoms with Gasteiger partial charge in [0.1, 0.15) is 66.3 Å². The Hall–Kier alpha value is -4.30. The van der Waals surface area contributed by atoms with E-state index in [-0.39, 0.29) is 59.8 Å². The van der Waals surface area contributed by atoms with Crippen LogP contribution in [0.15, 0.2) is 29.1 Å². The highest BCUT2D eigenvalue weighted by Gasteiger charge is 2.49. The first-order chi connectivity index (χ1) is 46.9. The minimum Gasteiger partial charge on any atom is -0.388 e. The lowest BCUT2D eigenvalue weighted by atomic mass is 10.1. The van der Waals surface area contributed by atoms with Gasteiger partial charge in [-0.3, -0.25) is 42.4 Å². The third kappa shape index (κ3) is 18.4. The lowest BCUT2D eigenvalue weighted by Gasteiger charge is -2.19. The van der Waals surface area contributed by atoms with Crippen LogP contribution in [0, 0.1) is 29.4 Å². The number of fused-ring (bicyclic) bond motifs is 4. The van der Waals surface area contributed by atoms with E-state index in [0.717, 1.165) is 24.6 Å². The van der Waals surface area contributed by atoms with Crippen LogP contribution in [0.2, 0.25) is 0 Å². The van der Waals surface area contributed by atoms with Gasteiger partial charge in [0.15, 0.2) is 88.1 Å². The summed E-state index contributed by atoms with van der Waals surface area (Å²) >= 11 is 11.8. The maximum atomic E-state index is 12.2. The quantitative estimate of drug-likeness (QED) is 0.0205. The molecule has 8 aromatic rings. The van der Waals surface area contributed by atoms with E-state index in [4.69, 9.17) is 36.9 Å². The number of rotatable bonds is 17. The zero-order valence-corrected chi connectivity index (χ0v) is 66.9. The zero-order chi connectivity index (χ0) is 74.8. The third-order valence-electron chi connectivity index (χ3n) is 17.1. The molecule has 558 valence electrons. The predicted molar refractivity (Wildman–Crippen MR) is 416 cm³/mol. The molecule has 33 nitrogen and oxygen atoms in total. The van der Waals surface area contributed by atoms with Gasteiger partial charge < -0.3 is 85.5 Å². The number of ether oxygens (including phenoxy) is 4. The van der Waals surface area contributed by atoms with E-state index in [1.54, 1.807) is 29.9 Å². The Morgan fingerprint density at radius 1 is 0.475 bits per heavy atom. The van der Waals surface area contributed by atoms with Crippen LogP contribution in [0.5, 0.6) is 0 Å². The Morgan fingerprint density at radius 2 is 0.802 bits per heavy atom. The summed E-state index contributed by atoms with van der Waals surface area (Å²) in [5.74, 6) is 1.25. The maximum absolute atomic E-state index is 12.2. The number of aliphatic hydroxyl groups is 8. The molecule has 101 heavy (non-hydrogen) atoms. The van der Waals surface area contributed by atoms with Crippen LogP contribution in [-0.2, 0) is 18.9 Å². The number of nitrogens with two attached hydrogens (primary N) is 1. The summed E-state index contributed by atoms with van der Waals surface area (Å²) in [6, 6.07) is 0. The third-order valence-corrected chi connectivity index (χ3v) is 25.3. The zero-order valence-electron chi connectivity index (χ0n) is 57.9. The first-order valence-corrected chi connectivity index (χ1v) is 47.7. The second-order valence-electron chi connectivity index (χ2n) is 28.4. The molecule has 12 heterocycles. The number of aromatic nitrogens is 16. The van der Waals surface area contributed by atoms with E-state index in [2.05, 4.69) is 154 Å². The van der Waals surface area contributed by atoms with Gasteiger partial charge in [-0.2, -0.15) is 4.98 Å². The molecule has 16 atom stereocenters. The van der Waals surface area contributed by atoms with Crippen LogP contribution >= 0.6 is 90.0 Å². The average molecular weight is 1700 g/mol. The normalized spacial score (nSPS) is 27.1. The fraction of sp³-hybridized carbons (Fsp3) is 0.600. The summed E-state index contributed by atoms with van der Waals surface area (Å²) in [6.07, 6.45) is 9.99. The van der Waals surface area contributed by atoms with Gasteiger partial charge in [-0.15, -0.1) is 52.7 Å².